The number of halogens is 1. The van der Waals surface area contributed by atoms with E-state index in [1.807, 2.05) is 26.8 Å². The molecule has 0 fully saturated rings. The Balaban J connectivity index is 2.62. The van der Waals surface area contributed by atoms with Crippen LogP contribution in [-0.2, 0) is 6.54 Å². The average Bonchev–Trinajstić information content (AvgIpc) is 2.67. The highest BCUT2D eigenvalue weighted by Crippen LogP contribution is 2.05. The number of amides is 1. The molecule has 1 aromatic heterocycles. The summed E-state index contributed by atoms with van der Waals surface area (Å²) in [6.45, 7) is 6.55. The Kier molecular flexibility index (Phi) is 5.48. The second kappa shape index (κ2) is 6.64. The first-order chi connectivity index (χ1) is 8.08. The van der Waals surface area contributed by atoms with Crippen LogP contribution in [0.25, 0.3) is 0 Å². The van der Waals surface area contributed by atoms with Crippen LogP contribution in [0.2, 0.25) is 0 Å². The second-order valence-electron chi connectivity index (χ2n) is 4.19. The summed E-state index contributed by atoms with van der Waals surface area (Å²) >= 11 is 5.62. The third-order valence-corrected chi connectivity index (χ3v) is 2.85. The number of carbonyl (C=O) groups excluding carboxylic acids is 1. The smallest absolute Gasteiger partial charge is 0.269 e. The number of aryl methyl sites for hydroxylation is 2. The van der Waals surface area contributed by atoms with Gasteiger partial charge in [0.2, 0.25) is 0 Å². The van der Waals surface area contributed by atoms with Crippen LogP contribution in [0.5, 0.6) is 0 Å². The van der Waals surface area contributed by atoms with Crippen LogP contribution < -0.4 is 5.32 Å². The highest BCUT2D eigenvalue weighted by Gasteiger charge is 2.14. The molecule has 1 atom stereocenters. The number of nitrogens with one attached hydrogen (secondary N) is 1. The molecular formula is C12H20ClN3O. The first-order valence-electron chi connectivity index (χ1n) is 5.99. The molecule has 0 aliphatic heterocycles. The molecular weight excluding hydrogens is 238 g/mol. The van der Waals surface area contributed by atoms with Gasteiger partial charge in [-0.1, -0.05) is 0 Å². The van der Waals surface area contributed by atoms with Crippen LogP contribution in [0.1, 0.15) is 42.9 Å². The number of alkyl halides is 1. The number of rotatable bonds is 6. The summed E-state index contributed by atoms with van der Waals surface area (Å²) in [7, 11) is 0. The quantitative estimate of drug-likeness (QED) is 0.796. The van der Waals surface area contributed by atoms with E-state index in [2.05, 4.69) is 10.4 Å². The lowest BCUT2D eigenvalue weighted by Crippen LogP contribution is -2.34. The van der Waals surface area contributed by atoms with Crippen LogP contribution in [0.15, 0.2) is 6.07 Å². The molecule has 96 valence electrons. The second-order valence-corrected chi connectivity index (χ2v) is 4.57. The summed E-state index contributed by atoms with van der Waals surface area (Å²) in [5.74, 6) is 0.571. The van der Waals surface area contributed by atoms with E-state index in [4.69, 9.17) is 11.6 Å². The van der Waals surface area contributed by atoms with Crippen LogP contribution in [0, 0.1) is 6.92 Å². The molecule has 0 spiro atoms. The Morgan fingerprint density at radius 3 is 2.94 bits per heavy atom. The van der Waals surface area contributed by atoms with Gasteiger partial charge in [0.25, 0.3) is 5.91 Å². The van der Waals surface area contributed by atoms with E-state index < -0.39 is 0 Å². The van der Waals surface area contributed by atoms with Gasteiger partial charge < -0.3 is 5.32 Å². The zero-order valence-electron chi connectivity index (χ0n) is 10.7. The van der Waals surface area contributed by atoms with Crippen molar-refractivity contribution in [3.63, 3.8) is 0 Å². The van der Waals surface area contributed by atoms with Gasteiger partial charge in [0.1, 0.15) is 5.69 Å². The molecule has 0 aromatic carbocycles. The van der Waals surface area contributed by atoms with Gasteiger partial charge in [-0.3, -0.25) is 9.48 Å². The minimum Gasteiger partial charge on any atom is -0.348 e. The molecule has 1 rings (SSSR count). The predicted molar refractivity (Wildman–Crippen MR) is 69.5 cm³/mol. The maximum atomic E-state index is 12.0. The van der Waals surface area contributed by atoms with Crippen molar-refractivity contribution in [2.45, 2.75) is 46.2 Å². The number of hydrogen-bond acceptors (Lipinski definition) is 2. The van der Waals surface area contributed by atoms with E-state index in [0.29, 0.717) is 18.1 Å². The summed E-state index contributed by atoms with van der Waals surface area (Å²) in [4.78, 5) is 12.0. The molecule has 0 bridgehead atoms. The lowest BCUT2D eigenvalue weighted by molar-refractivity contribution is 0.0927. The highest BCUT2D eigenvalue weighted by atomic mass is 35.5. The molecule has 1 aromatic rings. The first kappa shape index (κ1) is 14.0. The van der Waals surface area contributed by atoms with E-state index in [9.17, 15) is 4.79 Å². The van der Waals surface area contributed by atoms with Gasteiger partial charge in [0, 0.05) is 18.5 Å². The fourth-order valence-corrected chi connectivity index (χ4v) is 1.88. The van der Waals surface area contributed by atoms with Crippen molar-refractivity contribution in [2.75, 3.05) is 5.88 Å². The molecule has 0 aliphatic rings. The molecule has 0 radical (unpaired) electrons. The summed E-state index contributed by atoms with van der Waals surface area (Å²) < 4.78 is 1.72. The van der Waals surface area contributed by atoms with E-state index in [1.54, 1.807) is 4.68 Å². The van der Waals surface area contributed by atoms with E-state index in [-0.39, 0.29) is 11.9 Å². The van der Waals surface area contributed by atoms with Gasteiger partial charge in [-0.2, -0.15) is 5.10 Å². The molecule has 0 saturated carbocycles. The van der Waals surface area contributed by atoms with Gasteiger partial charge in [-0.05, 0) is 39.7 Å². The van der Waals surface area contributed by atoms with E-state index >= 15 is 0 Å². The van der Waals surface area contributed by atoms with Gasteiger partial charge in [-0.15, -0.1) is 11.6 Å². The minimum atomic E-state index is -0.0606. The number of aromatic nitrogens is 2. The van der Waals surface area contributed by atoms with Crippen LogP contribution in [0.4, 0.5) is 0 Å². The monoisotopic (exact) mass is 257 g/mol. The third-order valence-electron chi connectivity index (χ3n) is 2.58. The first-order valence-corrected chi connectivity index (χ1v) is 6.53. The molecule has 0 aliphatic carbocycles. The number of nitrogens with zero attached hydrogens (tertiary/aromatic N) is 2. The molecule has 1 heterocycles. The zero-order valence-corrected chi connectivity index (χ0v) is 11.4. The highest BCUT2D eigenvalue weighted by molar-refractivity contribution is 6.17. The Labute approximate surface area is 107 Å². The molecule has 1 N–H and O–H groups in total. The van der Waals surface area contributed by atoms with Crippen LogP contribution in [-0.4, -0.2) is 27.6 Å². The van der Waals surface area contributed by atoms with Gasteiger partial charge in [0.15, 0.2) is 0 Å². The Hall–Kier alpha value is -1.03. The summed E-state index contributed by atoms with van der Waals surface area (Å²) in [6, 6.07) is 1.95. The Morgan fingerprint density at radius 2 is 2.35 bits per heavy atom. The van der Waals surface area contributed by atoms with Crippen molar-refractivity contribution < 1.29 is 4.79 Å². The molecule has 17 heavy (non-hydrogen) atoms. The zero-order chi connectivity index (χ0) is 12.8. The van der Waals surface area contributed by atoms with E-state index in [1.165, 1.54) is 0 Å². The fourth-order valence-electron chi connectivity index (χ4n) is 1.72. The maximum Gasteiger partial charge on any atom is 0.269 e. The molecule has 5 heteroatoms. The predicted octanol–water partition coefficient (Wildman–Crippen LogP) is 2.35. The van der Waals surface area contributed by atoms with Gasteiger partial charge >= 0.3 is 0 Å². The van der Waals surface area contributed by atoms with Crippen molar-refractivity contribution in [1.29, 1.82) is 0 Å². The Bertz CT molecular complexity index is 376. The summed E-state index contributed by atoms with van der Waals surface area (Å²) in [6.07, 6.45) is 1.81. The largest absolute Gasteiger partial charge is 0.348 e. The topological polar surface area (TPSA) is 46.9 Å². The van der Waals surface area contributed by atoms with Crippen molar-refractivity contribution in [3.05, 3.63) is 17.5 Å². The number of carbonyl (C=O) groups is 1. The lowest BCUT2D eigenvalue weighted by Gasteiger charge is -2.13. The summed E-state index contributed by atoms with van der Waals surface area (Å²) in [5.41, 5.74) is 1.49. The summed E-state index contributed by atoms with van der Waals surface area (Å²) in [5, 5.41) is 7.21. The van der Waals surface area contributed by atoms with Crippen molar-refractivity contribution >= 4 is 17.5 Å². The Morgan fingerprint density at radius 1 is 1.65 bits per heavy atom. The van der Waals surface area contributed by atoms with Crippen molar-refractivity contribution in [2.24, 2.45) is 0 Å². The fraction of sp³-hybridized carbons (Fsp3) is 0.667. The SMILES string of the molecule is CCn1nc(C)cc1C(=O)NC(C)CCCCl. The average molecular weight is 258 g/mol. The molecule has 1 amide bonds. The molecule has 1 unspecified atom stereocenters. The maximum absolute atomic E-state index is 12.0. The molecule has 4 nitrogen and oxygen atoms in total. The lowest BCUT2D eigenvalue weighted by atomic mass is 10.2. The van der Waals surface area contributed by atoms with E-state index in [0.717, 1.165) is 18.5 Å². The molecule has 0 saturated heterocycles. The minimum absolute atomic E-state index is 0.0606. The standard InChI is InChI=1S/C12H20ClN3O/c1-4-16-11(8-10(3)15-16)12(17)14-9(2)6-5-7-13/h8-9H,4-7H2,1-3H3,(H,14,17). The van der Waals surface area contributed by atoms with Gasteiger partial charge in [-0.25, -0.2) is 0 Å². The number of hydrogen-bond donors (Lipinski definition) is 1. The van der Waals surface area contributed by atoms with Crippen LogP contribution in [0.3, 0.4) is 0 Å². The van der Waals surface area contributed by atoms with Crippen molar-refractivity contribution in [3.8, 4) is 0 Å². The third kappa shape index (κ3) is 4.04. The van der Waals surface area contributed by atoms with Crippen LogP contribution >= 0.6 is 11.6 Å². The van der Waals surface area contributed by atoms with Gasteiger partial charge in [0.05, 0.1) is 5.69 Å². The van der Waals surface area contributed by atoms with Crippen molar-refractivity contribution in [1.82, 2.24) is 15.1 Å². The normalized spacial score (nSPS) is 12.5.